The maximum Gasteiger partial charge on any atom is 0.326 e. The molecule has 10 heteroatoms. The summed E-state index contributed by atoms with van der Waals surface area (Å²) >= 11 is 5.90. The molecule has 0 aliphatic heterocycles. The first-order valence-electron chi connectivity index (χ1n) is 9.45. The number of carbonyl (C=O) groups excluding carboxylic acids is 1. The molecule has 0 aliphatic carbocycles. The minimum absolute atomic E-state index is 0.160. The second-order valence-electron chi connectivity index (χ2n) is 6.92. The number of para-hydroxylation sites is 1. The Hall–Kier alpha value is -3.46. The van der Waals surface area contributed by atoms with Crippen molar-refractivity contribution in [2.24, 2.45) is 0 Å². The van der Waals surface area contributed by atoms with Crippen molar-refractivity contribution in [2.75, 3.05) is 0 Å². The smallest absolute Gasteiger partial charge is 0.326 e. The van der Waals surface area contributed by atoms with Crippen LogP contribution in [0, 0.1) is 0 Å². The Labute approximate surface area is 176 Å². The van der Waals surface area contributed by atoms with Crippen LogP contribution < -0.4 is 5.32 Å². The van der Waals surface area contributed by atoms with E-state index in [1.807, 2.05) is 24.3 Å². The number of halogens is 1. The summed E-state index contributed by atoms with van der Waals surface area (Å²) in [5.41, 5.74) is 2.34. The minimum Gasteiger partial charge on any atom is -0.480 e. The Kier molecular flexibility index (Phi) is 5.62. The number of carboxylic acids is 1. The summed E-state index contributed by atoms with van der Waals surface area (Å²) in [7, 11) is 0. The number of hydrogen-bond acceptors (Lipinski definition) is 5. The van der Waals surface area contributed by atoms with E-state index in [1.165, 1.54) is 4.52 Å². The highest BCUT2D eigenvalue weighted by molar-refractivity contribution is 6.29. The fraction of sp³-hybridized carbons (Fsp3) is 0.250. The number of aromatic nitrogens is 5. The normalized spacial score (nSPS) is 12.3. The molecule has 0 radical (unpaired) electrons. The average molecular weight is 427 g/mol. The van der Waals surface area contributed by atoms with Crippen LogP contribution in [0.25, 0.3) is 16.6 Å². The van der Waals surface area contributed by atoms with E-state index in [-0.39, 0.29) is 18.7 Å². The van der Waals surface area contributed by atoms with Crippen molar-refractivity contribution >= 4 is 40.0 Å². The van der Waals surface area contributed by atoms with Crippen LogP contribution in [0.5, 0.6) is 0 Å². The monoisotopic (exact) mass is 426 g/mol. The van der Waals surface area contributed by atoms with Gasteiger partial charge in [0.05, 0.1) is 0 Å². The van der Waals surface area contributed by atoms with E-state index in [9.17, 15) is 14.7 Å². The number of nitrogens with one attached hydrogen (secondary N) is 2. The topological polar surface area (TPSA) is 125 Å². The molecule has 0 bridgehead atoms. The predicted molar refractivity (Wildman–Crippen MR) is 110 cm³/mol. The van der Waals surface area contributed by atoms with Gasteiger partial charge in [-0.1, -0.05) is 29.8 Å². The summed E-state index contributed by atoms with van der Waals surface area (Å²) in [6.45, 7) is 0. The van der Waals surface area contributed by atoms with Crippen molar-refractivity contribution < 1.29 is 14.7 Å². The molecule has 30 heavy (non-hydrogen) atoms. The van der Waals surface area contributed by atoms with Gasteiger partial charge in [-0.15, -0.1) is 10.2 Å². The van der Waals surface area contributed by atoms with Gasteiger partial charge in [0.15, 0.2) is 11.5 Å². The standard InChI is InChI=1S/C20H19ClN6O3/c21-16-8-9-18-25-24-17(27(18)26-16)6-3-7-19(28)23-15(20(29)30)10-12-11-22-14-5-2-1-4-13(12)14/h1-2,4-5,8-9,11,15,22H,3,6-7,10H2,(H,23,28)(H,29,30)/t15-/m0/s1. The Morgan fingerprint density at radius 2 is 2.03 bits per heavy atom. The van der Waals surface area contributed by atoms with Gasteiger partial charge >= 0.3 is 5.97 Å². The van der Waals surface area contributed by atoms with Crippen molar-refractivity contribution in [3.63, 3.8) is 0 Å². The maximum absolute atomic E-state index is 12.3. The second kappa shape index (κ2) is 8.50. The van der Waals surface area contributed by atoms with Gasteiger partial charge in [-0.05, 0) is 30.2 Å². The third kappa shape index (κ3) is 4.25. The molecule has 0 unspecified atom stereocenters. The maximum atomic E-state index is 12.3. The molecule has 3 heterocycles. The number of carbonyl (C=O) groups is 2. The van der Waals surface area contributed by atoms with E-state index in [1.54, 1.807) is 18.3 Å². The van der Waals surface area contributed by atoms with Crippen LogP contribution in [0.2, 0.25) is 5.15 Å². The highest BCUT2D eigenvalue weighted by Gasteiger charge is 2.22. The highest BCUT2D eigenvalue weighted by atomic mass is 35.5. The number of fused-ring (bicyclic) bond motifs is 2. The molecule has 0 saturated heterocycles. The lowest BCUT2D eigenvalue weighted by Crippen LogP contribution is -2.42. The molecule has 0 spiro atoms. The van der Waals surface area contributed by atoms with E-state index in [0.717, 1.165) is 16.5 Å². The van der Waals surface area contributed by atoms with Crippen LogP contribution in [0.1, 0.15) is 24.2 Å². The van der Waals surface area contributed by atoms with Gasteiger partial charge in [0, 0.05) is 36.4 Å². The number of carboxylic acid groups (broad SMARTS) is 1. The van der Waals surface area contributed by atoms with E-state index in [0.29, 0.717) is 29.5 Å². The Bertz CT molecular complexity index is 1220. The number of benzene rings is 1. The summed E-state index contributed by atoms with van der Waals surface area (Å²) in [6.07, 6.45) is 3.07. The third-order valence-electron chi connectivity index (χ3n) is 4.83. The van der Waals surface area contributed by atoms with Crippen LogP contribution in [0.3, 0.4) is 0 Å². The summed E-state index contributed by atoms with van der Waals surface area (Å²) in [4.78, 5) is 27.1. The van der Waals surface area contributed by atoms with Gasteiger partial charge in [-0.3, -0.25) is 4.79 Å². The number of rotatable bonds is 8. The molecular formula is C20H19ClN6O3. The Morgan fingerprint density at radius 3 is 2.87 bits per heavy atom. The Balaban J connectivity index is 1.35. The van der Waals surface area contributed by atoms with Crippen LogP contribution in [-0.2, 0) is 22.4 Å². The van der Waals surface area contributed by atoms with Crippen LogP contribution in [0.4, 0.5) is 0 Å². The number of nitrogens with zero attached hydrogens (tertiary/aromatic N) is 4. The van der Waals surface area contributed by atoms with Crippen molar-refractivity contribution in [2.45, 2.75) is 31.7 Å². The SMILES string of the molecule is O=C(CCCc1nnc2ccc(Cl)nn12)N[C@@H](Cc1c[nH]c2ccccc12)C(=O)O. The van der Waals surface area contributed by atoms with Gasteiger partial charge in [-0.25, -0.2) is 4.79 Å². The summed E-state index contributed by atoms with van der Waals surface area (Å²) in [5.74, 6) is -0.813. The first kappa shape index (κ1) is 19.8. The molecule has 1 atom stereocenters. The number of amides is 1. The first-order chi connectivity index (χ1) is 14.5. The predicted octanol–water partition coefficient (Wildman–Crippen LogP) is 2.39. The largest absolute Gasteiger partial charge is 0.480 e. The number of H-pyrrole nitrogens is 1. The zero-order valence-corrected chi connectivity index (χ0v) is 16.6. The van der Waals surface area contributed by atoms with Gasteiger partial charge in [0.1, 0.15) is 11.2 Å². The molecule has 0 aliphatic rings. The van der Waals surface area contributed by atoms with E-state index in [2.05, 4.69) is 25.6 Å². The lowest BCUT2D eigenvalue weighted by Gasteiger charge is -2.14. The molecule has 4 aromatic rings. The van der Waals surface area contributed by atoms with Crippen molar-refractivity contribution in [3.8, 4) is 0 Å². The quantitative estimate of drug-likeness (QED) is 0.397. The van der Waals surface area contributed by atoms with Gasteiger partial charge in [-0.2, -0.15) is 9.61 Å². The summed E-state index contributed by atoms with van der Waals surface area (Å²) < 4.78 is 1.54. The molecule has 0 fully saturated rings. The van der Waals surface area contributed by atoms with Gasteiger partial charge < -0.3 is 15.4 Å². The number of aliphatic carboxylic acids is 1. The molecule has 0 saturated carbocycles. The van der Waals surface area contributed by atoms with E-state index in [4.69, 9.17) is 11.6 Å². The molecule has 3 aromatic heterocycles. The number of hydrogen-bond donors (Lipinski definition) is 3. The molecule has 1 amide bonds. The van der Waals surface area contributed by atoms with Crippen LogP contribution in [-0.4, -0.2) is 47.8 Å². The second-order valence-corrected chi connectivity index (χ2v) is 7.31. The molecular weight excluding hydrogens is 408 g/mol. The van der Waals surface area contributed by atoms with Crippen LogP contribution >= 0.6 is 11.6 Å². The highest BCUT2D eigenvalue weighted by Crippen LogP contribution is 2.19. The minimum atomic E-state index is -1.07. The van der Waals surface area contributed by atoms with Gasteiger partial charge in [0.2, 0.25) is 5.91 Å². The molecule has 1 aromatic carbocycles. The van der Waals surface area contributed by atoms with Crippen molar-refractivity contribution in [1.82, 2.24) is 30.1 Å². The Morgan fingerprint density at radius 1 is 1.20 bits per heavy atom. The summed E-state index contributed by atoms with van der Waals surface area (Å²) in [6, 6.07) is 9.97. The first-order valence-corrected chi connectivity index (χ1v) is 9.83. The third-order valence-corrected chi connectivity index (χ3v) is 5.03. The zero-order chi connectivity index (χ0) is 21.1. The zero-order valence-electron chi connectivity index (χ0n) is 15.9. The van der Waals surface area contributed by atoms with E-state index >= 15 is 0 Å². The number of aromatic amines is 1. The molecule has 4 rings (SSSR count). The molecule has 9 nitrogen and oxygen atoms in total. The van der Waals surface area contributed by atoms with E-state index < -0.39 is 12.0 Å². The molecule has 154 valence electrons. The van der Waals surface area contributed by atoms with Gasteiger partial charge in [0.25, 0.3) is 0 Å². The lowest BCUT2D eigenvalue weighted by atomic mass is 10.0. The van der Waals surface area contributed by atoms with Crippen molar-refractivity contribution in [3.05, 3.63) is 59.1 Å². The molecule has 3 N–H and O–H groups in total. The average Bonchev–Trinajstić information content (AvgIpc) is 3.31. The number of aryl methyl sites for hydroxylation is 1. The summed E-state index contributed by atoms with van der Waals surface area (Å²) in [5, 5.41) is 25.6. The lowest BCUT2D eigenvalue weighted by molar-refractivity contribution is -0.141. The fourth-order valence-electron chi connectivity index (χ4n) is 3.36. The fourth-order valence-corrected chi connectivity index (χ4v) is 3.50. The van der Waals surface area contributed by atoms with Crippen LogP contribution in [0.15, 0.2) is 42.6 Å². The van der Waals surface area contributed by atoms with Crippen molar-refractivity contribution in [1.29, 1.82) is 0 Å².